The molecule has 1 saturated heterocycles. The standard InChI is InChI=1S/C15H19FN2O2/c16-12-3-1-11(2-4-12)9-18(13-5-6-13)15(19)14-10-20-8-7-17-14/h1-4,13-14,17H,5-10H2. The van der Waals surface area contributed by atoms with E-state index in [1.807, 2.05) is 4.90 Å². The van der Waals surface area contributed by atoms with E-state index in [9.17, 15) is 9.18 Å². The summed E-state index contributed by atoms with van der Waals surface area (Å²) in [5.41, 5.74) is 0.961. The third-order valence-corrected chi connectivity index (χ3v) is 3.76. The lowest BCUT2D eigenvalue weighted by Crippen LogP contribution is -2.52. The number of benzene rings is 1. The van der Waals surface area contributed by atoms with Crippen molar-refractivity contribution >= 4 is 5.91 Å². The van der Waals surface area contributed by atoms with Crippen LogP contribution in [0.25, 0.3) is 0 Å². The fourth-order valence-corrected chi connectivity index (χ4v) is 2.48. The van der Waals surface area contributed by atoms with Gasteiger partial charge in [0.2, 0.25) is 5.91 Å². The number of nitrogens with one attached hydrogen (secondary N) is 1. The second-order valence-corrected chi connectivity index (χ2v) is 5.41. The highest BCUT2D eigenvalue weighted by atomic mass is 19.1. The molecule has 0 aromatic heterocycles. The van der Waals surface area contributed by atoms with Crippen LogP contribution >= 0.6 is 0 Å². The van der Waals surface area contributed by atoms with Gasteiger partial charge in [-0.3, -0.25) is 4.79 Å². The zero-order chi connectivity index (χ0) is 13.9. The van der Waals surface area contributed by atoms with Crippen LogP contribution in [0.5, 0.6) is 0 Å². The highest BCUT2D eigenvalue weighted by molar-refractivity contribution is 5.82. The first-order valence-corrected chi connectivity index (χ1v) is 7.10. The van der Waals surface area contributed by atoms with Crippen molar-refractivity contribution in [3.8, 4) is 0 Å². The number of ether oxygens (including phenoxy) is 1. The molecule has 1 saturated carbocycles. The van der Waals surface area contributed by atoms with Gasteiger partial charge in [0.15, 0.2) is 0 Å². The van der Waals surface area contributed by atoms with E-state index in [0.29, 0.717) is 32.3 Å². The molecule has 0 radical (unpaired) electrons. The molecule has 1 aromatic carbocycles. The lowest BCUT2D eigenvalue weighted by atomic mass is 10.1. The summed E-state index contributed by atoms with van der Waals surface area (Å²) in [7, 11) is 0. The lowest BCUT2D eigenvalue weighted by Gasteiger charge is -2.30. The van der Waals surface area contributed by atoms with Crippen molar-refractivity contribution in [1.82, 2.24) is 10.2 Å². The second kappa shape index (κ2) is 5.89. The number of carbonyl (C=O) groups is 1. The Balaban J connectivity index is 1.68. The van der Waals surface area contributed by atoms with Crippen molar-refractivity contribution in [3.63, 3.8) is 0 Å². The summed E-state index contributed by atoms with van der Waals surface area (Å²) >= 11 is 0. The number of amides is 1. The van der Waals surface area contributed by atoms with Crippen LogP contribution in [0.2, 0.25) is 0 Å². The first-order chi connectivity index (χ1) is 9.74. The summed E-state index contributed by atoms with van der Waals surface area (Å²) in [4.78, 5) is 14.5. The number of rotatable bonds is 4. The van der Waals surface area contributed by atoms with E-state index >= 15 is 0 Å². The van der Waals surface area contributed by atoms with Gasteiger partial charge in [-0.25, -0.2) is 4.39 Å². The fraction of sp³-hybridized carbons (Fsp3) is 0.533. The van der Waals surface area contributed by atoms with Gasteiger partial charge < -0.3 is 15.0 Å². The Morgan fingerprint density at radius 1 is 1.35 bits per heavy atom. The van der Waals surface area contributed by atoms with Gasteiger partial charge in [-0.2, -0.15) is 0 Å². The number of nitrogens with zero attached hydrogens (tertiary/aromatic N) is 1. The van der Waals surface area contributed by atoms with Crippen molar-refractivity contribution in [1.29, 1.82) is 0 Å². The zero-order valence-corrected chi connectivity index (χ0v) is 11.3. The predicted octanol–water partition coefficient (Wildman–Crippen LogP) is 1.31. The smallest absolute Gasteiger partial charge is 0.242 e. The molecule has 1 atom stereocenters. The van der Waals surface area contributed by atoms with Gasteiger partial charge in [0, 0.05) is 19.1 Å². The predicted molar refractivity (Wildman–Crippen MR) is 72.6 cm³/mol. The first kappa shape index (κ1) is 13.5. The maximum Gasteiger partial charge on any atom is 0.242 e. The molecule has 1 unspecified atom stereocenters. The molecule has 5 heteroatoms. The minimum Gasteiger partial charge on any atom is -0.378 e. The van der Waals surface area contributed by atoms with E-state index < -0.39 is 0 Å². The average molecular weight is 278 g/mol. The third-order valence-electron chi connectivity index (χ3n) is 3.76. The SMILES string of the molecule is O=C(C1COCCN1)N(Cc1ccc(F)cc1)C1CC1. The van der Waals surface area contributed by atoms with Crippen LogP contribution in [0, 0.1) is 5.82 Å². The van der Waals surface area contributed by atoms with E-state index in [0.717, 1.165) is 18.4 Å². The summed E-state index contributed by atoms with van der Waals surface area (Å²) in [5.74, 6) is -0.156. The van der Waals surface area contributed by atoms with Crippen molar-refractivity contribution in [2.75, 3.05) is 19.8 Å². The topological polar surface area (TPSA) is 41.6 Å². The molecular weight excluding hydrogens is 259 g/mol. The molecule has 108 valence electrons. The Morgan fingerprint density at radius 3 is 2.70 bits per heavy atom. The van der Waals surface area contributed by atoms with Crippen LogP contribution in [0.3, 0.4) is 0 Å². The van der Waals surface area contributed by atoms with Gasteiger partial charge in [-0.05, 0) is 30.5 Å². The van der Waals surface area contributed by atoms with Crippen molar-refractivity contribution in [2.45, 2.75) is 31.5 Å². The first-order valence-electron chi connectivity index (χ1n) is 7.10. The summed E-state index contributed by atoms with van der Waals surface area (Å²) in [6.45, 7) is 2.35. The summed E-state index contributed by atoms with van der Waals surface area (Å²) < 4.78 is 18.3. The molecule has 1 heterocycles. The molecule has 0 spiro atoms. The minimum atomic E-state index is -0.250. The Morgan fingerprint density at radius 2 is 2.10 bits per heavy atom. The van der Waals surface area contributed by atoms with Crippen LogP contribution < -0.4 is 5.32 Å². The Kier molecular flexibility index (Phi) is 3.98. The van der Waals surface area contributed by atoms with E-state index in [-0.39, 0.29) is 17.8 Å². The Hall–Kier alpha value is -1.46. The molecule has 2 aliphatic rings. The molecule has 1 aliphatic heterocycles. The van der Waals surface area contributed by atoms with E-state index in [1.54, 1.807) is 12.1 Å². The van der Waals surface area contributed by atoms with Crippen molar-refractivity contribution < 1.29 is 13.9 Å². The van der Waals surface area contributed by atoms with Gasteiger partial charge in [0.05, 0.1) is 13.2 Å². The molecular formula is C15H19FN2O2. The van der Waals surface area contributed by atoms with Crippen LogP contribution in [0.4, 0.5) is 4.39 Å². The number of morpholine rings is 1. The maximum absolute atomic E-state index is 12.9. The normalized spacial score (nSPS) is 22.6. The van der Waals surface area contributed by atoms with Crippen LogP contribution in [0.1, 0.15) is 18.4 Å². The van der Waals surface area contributed by atoms with E-state index in [4.69, 9.17) is 4.74 Å². The van der Waals surface area contributed by atoms with Gasteiger partial charge >= 0.3 is 0 Å². The van der Waals surface area contributed by atoms with Crippen LogP contribution in [-0.2, 0) is 16.1 Å². The zero-order valence-electron chi connectivity index (χ0n) is 11.3. The fourth-order valence-electron chi connectivity index (χ4n) is 2.48. The maximum atomic E-state index is 12.9. The number of carbonyl (C=O) groups excluding carboxylic acids is 1. The molecule has 1 N–H and O–H groups in total. The number of hydrogen-bond acceptors (Lipinski definition) is 3. The average Bonchev–Trinajstić information content (AvgIpc) is 3.31. The lowest BCUT2D eigenvalue weighted by molar-refractivity contribution is -0.137. The number of halogens is 1. The van der Waals surface area contributed by atoms with Crippen LogP contribution in [-0.4, -0.2) is 42.6 Å². The summed E-state index contributed by atoms with van der Waals surface area (Å²) in [5, 5.41) is 3.20. The molecule has 1 aromatic rings. The summed E-state index contributed by atoms with van der Waals surface area (Å²) in [6, 6.07) is 6.44. The molecule has 20 heavy (non-hydrogen) atoms. The van der Waals surface area contributed by atoms with Crippen LogP contribution in [0.15, 0.2) is 24.3 Å². The van der Waals surface area contributed by atoms with Crippen molar-refractivity contribution in [3.05, 3.63) is 35.6 Å². The summed E-state index contributed by atoms with van der Waals surface area (Å²) in [6.07, 6.45) is 2.11. The third kappa shape index (κ3) is 3.16. The molecule has 1 aliphatic carbocycles. The molecule has 3 rings (SSSR count). The highest BCUT2D eigenvalue weighted by Gasteiger charge is 2.36. The minimum absolute atomic E-state index is 0.0940. The molecule has 0 bridgehead atoms. The molecule has 4 nitrogen and oxygen atoms in total. The van der Waals surface area contributed by atoms with Gasteiger partial charge in [-0.15, -0.1) is 0 Å². The van der Waals surface area contributed by atoms with Crippen molar-refractivity contribution in [2.24, 2.45) is 0 Å². The quantitative estimate of drug-likeness (QED) is 0.903. The molecule has 1 amide bonds. The largest absolute Gasteiger partial charge is 0.378 e. The highest BCUT2D eigenvalue weighted by Crippen LogP contribution is 2.29. The Labute approximate surface area is 117 Å². The van der Waals surface area contributed by atoms with Gasteiger partial charge in [0.25, 0.3) is 0 Å². The number of hydrogen-bond donors (Lipinski definition) is 1. The van der Waals surface area contributed by atoms with Gasteiger partial charge in [-0.1, -0.05) is 12.1 Å². The Bertz CT molecular complexity index is 467. The van der Waals surface area contributed by atoms with Gasteiger partial charge in [0.1, 0.15) is 11.9 Å². The van der Waals surface area contributed by atoms with E-state index in [1.165, 1.54) is 12.1 Å². The second-order valence-electron chi connectivity index (χ2n) is 5.41. The monoisotopic (exact) mass is 278 g/mol. The van der Waals surface area contributed by atoms with E-state index in [2.05, 4.69) is 5.32 Å². The molecule has 2 fully saturated rings.